The van der Waals surface area contributed by atoms with E-state index >= 15 is 0 Å². The number of alkyl halides is 1. The van der Waals surface area contributed by atoms with Crippen molar-refractivity contribution in [2.75, 3.05) is 18.9 Å². The van der Waals surface area contributed by atoms with E-state index in [1.54, 1.807) is 11.1 Å². The average Bonchev–Trinajstić information content (AvgIpc) is 2.69. The summed E-state index contributed by atoms with van der Waals surface area (Å²) in [5.74, 6) is 0.0464. The highest BCUT2D eigenvalue weighted by molar-refractivity contribution is 9.09. The lowest BCUT2D eigenvalue weighted by molar-refractivity contribution is 0.0792. The highest BCUT2D eigenvalue weighted by atomic mass is 79.9. The van der Waals surface area contributed by atoms with E-state index in [1.165, 1.54) is 0 Å². The molecule has 0 unspecified atom stereocenters. The maximum absolute atomic E-state index is 11.9. The lowest BCUT2D eigenvalue weighted by Gasteiger charge is -2.16. The SMILES string of the molecule is Cc1[nH]ncc1C(=O)N(C)CCCCCBr. The van der Waals surface area contributed by atoms with Crippen LogP contribution in [0.15, 0.2) is 6.20 Å². The first-order chi connectivity index (χ1) is 7.66. The Labute approximate surface area is 105 Å². The molecule has 1 amide bonds. The summed E-state index contributed by atoms with van der Waals surface area (Å²) in [6.07, 6.45) is 4.94. The highest BCUT2D eigenvalue weighted by Gasteiger charge is 2.14. The zero-order valence-corrected chi connectivity index (χ0v) is 11.4. The summed E-state index contributed by atoms with van der Waals surface area (Å²) in [6, 6.07) is 0. The molecule has 1 N–H and O–H groups in total. The maximum atomic E-state index is 11.9. The van der Waals surface area contributed by atoms with Crippen LogP contribution in [0.4, 0.5) is 0 Å². The van der Waals surface area contributed by atoms with Crippen molar-refractivity contribution in [3.8, 4) is 0 Å². The van der Waals surface area contributed by atoms with Crippen molar-refractivity contribution in [2.45, 2.75) is 26.2 Å². The Morgan fingerprint density at radius 2 is 2.25 bits per heavy atom. The second-order valence-electron chi connectivity index (χ2n) is 3.89. The minimum atomic E-state index is 0.0464. The van der Waals surface area contributed by atoms with Gasteiger partial charge in [-0.3, -0.25) is 9.89 Å². The van der Waals surface area contributed by atoms with Crippen LogP contribution in [0.1, 0.15) is 35.3 Å². The lowest BCUT2D eigenvalue weighted by Crippen LogP contribution is -2.28. The van der Waals surface area contributed by atoms with Gasteiger partial charge in [0.15, 0.2) is 0 Å². The van der Waals surface area contributed by atoms with Gasteiger partial charge in [-0.05, 0) is 19.8 Å². The summed E-state index contributed by atoms with van der Waals surface area (Å²) in [6.45, 7) is 2.66. The molecule has 16 heavy (non-hydrogen) atoms. The maximum Gasteiger partial charge on any atom is 0.257 e. The molecular weight excluding hydrogens is 270 g/mol. The molecule has 0 spiro atoms. The zero-order valence-electron chi connectivity index (χ0n) is 9.79. The van der Waals surface area contributed by atoms with Crippen molar-refractivity contribution in [3.63, 3.8) is 0 Å². The summed E-state index contributed by atoms with van der Waals surface area (Å²) in [7, 11) is 1.84. The molecule has 4 nitrogen and oxygen atoms in total. The quantitative estimate of drug-likeness (QED) is 0.645. The molecule has 0 atom stereocenters. The molecule has 0 aromatic carbocycles. The molecule has 5 heteroatoms. The number of carbonyl (C=O) groups is 1. The minimum Gasteiger partial charge on any atom is -0.342 e. The van der Waals surface area contributed by atoms with Gasteiger partial charge < -0.3 is 4.90 Å². The van der Waals surface area contributed by atoms with Gasteiger partial charge in [0, 0.05) is 24.6 Å². The first kappa shape index (κ1) is 13.2. The van der Waals surface area contributed by atoms with Crippen LogP contribution in [0.25, 0.3) is 0 Å². The molecule has 0 fully saturated rings. The molecule has 0 aliphatic heterocycles. The van der Waals surface area contributed by atoms with Gasteiger partial charge in [0.1, 0.15) is 0 Å². The van der Waals surface area contributed by atoms with Crippen molar-refractivity contribution in [1.29, 1.82) is 0 Å². The van der Waals surface area contributed by atoms with Crippen molar-refractivity contribution in [1.82, 2.24) is 15.1 Å². The van der Waals surface area contributed by atoms with Crippen LogP contribution < -0.4 is 0 Å². The van der Waals surface area contributed by atoms with Crippen molar-refractivity contribution < 1.29 is 4.79 Å². The molecule has 1 heterocycles. The molecule has 0 radical (unpaired) electrons. The number of rotatable bonds is 6. The lowest BCUT2D eigenvalue weighted by atomic mass is 10.2. The molecule has 1 aromatic heterocycles. The molecule has 1 rings (SSSR count). The van der Waals surface area contributed by atoms with Crippen LogP contribution in [-0.4, -0.2) is 39.9 Å². The molecule has 0 aliphatic carbocycles. The van der Waals surface area contributed by atoms with E-state index in [0.717, 1.165) is 36.8 Å². The number of halogens is 1. The average molecular weight is 288 g/mol. The topological polar surface area (TPSA) is 49.0 Å². The van der Waals surface area contributed by atoms with E-state index in [-0.39, 0.29) is 5.91 Å². The Morgan fingerprint density at radius 3 is 2.81 bits per heavy atom. The van der Waals surface area contributed by atoms with E-state index in [0.29, 0.717) is 5.56 Å². The van der Waals surface area contributed by atoms with Gasteiger partial charge in [-0.25, -0.2) is 0 Å². The van der Waals surface area contributed by atoms with Gasteiger partial charge in [0.2, 0.25) is 0 Å². The fourth-order valence-electron chi connectivity index (χ4n) is 1.49. The van der Waals surface area contributed by atoms with E-state index in [1.807, 2.05) is 14.0 Å². The predicted molar refractivity (Wildman–Crippen MR) is 67.9 cm³/mol. The Morgan fingerprint density at radius 1 is 1.50 bits per heavy atom. The number of hydrogen-bond donors (Lipinski definition) is 1. The van der Waals surface area contributed by atoms with Gasteiger partial charge in [-0.15, -0.1) is 0 Å². The summed E-state index contributed by atoms with van der Waals surface area (Å²) in [4.78, 5) is 13.7. The van der Waals surface area contributed by atoms with Gasteiger partial charge in [0.05, 0.1) is 11.8 Å². The van der Waals surface area contributed by atoms with Gasteiger partial charge in [-0.2, -0.15) is 5.10 Å². The van der Waals surface area contributed by atoms with E-state index in [9.17, 15) is 4.79 Å². The zero-order chi connectivity index (χ0) is 12.0. The fourth-order valence-corrected chi connectivity index (χ4v) is 1.89. The largest absolute Gasteiger partial charge is 0.342 e. The van der Waals surface area contributed by atoms with Crippen LogP contribution in [0.2, 0.25) is 0 Å². The number of amides is 1. The van der Waals surface area contributed by atoms with Gasteiger partial charge in [0.25, 0.3) is 5.91 Å². The van der Waals surface area contributed by atoms with Crippen molar-refractivity contribution in [3.05, 3.63) is 17.5 Å². The summed E-state index contributed by atoms with van der Waals surface area (Å²) in [5, 5.41) is 7.67. The summed E-state index contributed by atoms with van der Waals surface area (Å²) < 4.78 is 0. The van der Waals surface area contributed by atoms with Crippen LogP contribution in [-0.2, 0) is 0 Å². The molecule has 0 saturated heterocycles. The van der Waals surface area contributed by atoms with E-state index < -0.39 is 0 Å². The molecule has 0 bridgehead atoms. The van der Waals surface area contributed by atoms with Crippen molar-refractivity contribution in [2.24, 2.45) is 0 Å². The molecule has 0 saturated carbocycles. The molecular formula is C11H18BrN3O. The highest BCUT2D eigenvalue weighted by Crippen LogP contribution is 2.07. The smallest absolute Gasteiger partial charge is 0.257 e. The minimum absolute atomic E-state index is 0.0464. The van der Waals surface area contributed by atoms with Gasteiger partial charge >= 0.3 is 0 Å². The Balaban J connectivity index is 2.40. The van der Waals surface area contributed by atoms with Gasteiger partial charge in [-0.1, -0.05) is 22.4 Å². The number of H-pyrrole nitrogens is 1. The third kappa shape index (κ3) is 3.63. The normalized spacial score (nSPS) is 10.4. The van der Waals surface area contributed by atoms with Crippen LogP contribution in [0.3, 0.4) is 0 Å². The number of aryl methyl sites for hydroxylation is 1. The third-order valence-corrected chi connectivity index (χ3v) is 3.09. The monoisotopic (exact) mass is 287 g/mol. The number of aromatic nitrogens is 2. The number of aromatic amines is 1. The number of hydrogen-bond acceptors (Lipinski definition) is 2. The van der Waals surface area contributed by atoms with E-state index in [4.69, 9.17) is 0 Å². The third-order valence-electron chi connectivity index (χ3n) is 2.53. The standard InChI is InChI=1S/C11H18BrN3O/c1-9-10(8-13-14-9)11(16)15(2)7-5-3-4-6-12/h8H,3-7H2,1-2H3,(H,13,14). The Bertz CT molecular complexity index is 338. The molecule has 0 aliphatic rings. The predicted octanol–water partition coefficient (Wildman–Crippen LogP) is 2.36. The first-order valence-electron chi connectivity index (χ1n) is 5.48. The number of carbonyl (C=O) groups excluding carboxylic acids is 1. The molecule has 1 aromatic rings. The summed E-state index contributed by atoms with van der Waals surface area (Å²) >= 11 is 3.39. The second kappa shape index (κ2) is 6.68. The van der Waals surface area contributed by atoms with Crippen molar-refractivity contribution >= 4 is 21.8 Å². The number of nitrogens with one attached hydrogen (secondary N) is 1. The first-order valence-corrected chi connectivity index (χ1v) is 6.60. The van der Waals surface area contributed by atoms with Crippen LogP contribution in [0.5, 0.6) is 0 Å². The number of nitrogens with zero attached hydrogens (tertiary/aromatic N) is 2. The molecule has 90 valence electrons. The number of unbranched alkanes of at least 4 members (excludes halogenated alkanes) is 2. The van der Waals surface area contributed by atoms with Crippen LogP contribution in [0, 0.1) is 6.92 Å². The Kier molecular flexibility index (Phi) is 5.52. The van der Waals surface area contributed by atoms with Crippen LogP contribution >= 0.6 is 15.9 Å². The second-order valence-corrected chi connectivity index (χ2v) is 4.68. The summed E-state index contributed by atoms with van der Waals surface area (Å²) in [5.41, 5.74) is 1.50. The Hall–Kier alpha value is -0.840. The fraction of sp³-hybridized carbons (Fsp3) is 0.636. The van der Waals surface area contributed by atoms with E-state index in [2.05, 4.69) is 26.1 Å².